The maximum absolute atomic E-state index is 11.5. The second kappa shape index (κ2) is 3.73. The Hall–Kier alpha value is -1.23. The van der Waals surface area contributed by atoms with Gasteiger partial charge in [-0.2, -0.15) is 0 Å². The predicted molar refractivity (Wildman–Crippen MR) is 56.6 cm³/mol. The van der Waals surface area contributed by atoms with E-state index in [9.17, 15) is 9.59 Å². The number of Topliss-reactive ketones (excluding diaryl/α,β-unsaturated/α-hetero) is 1. The molecule has 2 heterocycles. The highest BCUT2D eigenvalue weighted by molar-refractivity contribution is 7.09. The third-order valence-corrected chi connectivity index (χ3v) is 3.61. The number of carbonyl (C=O) groups excluding carboxylic acids is 2. The molecule has 0 aromatic carbocycles. The Labute approximate surface area is 91.9 Å². The lowest BCUT2D eigenvalue weighted by Gasteiger charge is -2.21. The Morgan fingerprint density at radius 3 is 2.73 bits per heavy atom. The number of hydrogen-bond donors (Lipinski definition) is 0. The molecule has 0 N–H and O–H groups in total. The number of nitrogens with zero attached hydrogens (tertiary/aromatic N) is 2. The fourth-order valence-corrected chi connectivity index (χ4v) is 2.52. The van der Waals surface area contributed by atoms with E-state index in [0.29, 0.717) is 0 Å². The van der Waals surface area contributed by atoms with E-state index in [-0.39, 0.29) is 30.7 Å². The van der Waals surface area contributed by atoms with Crippen LogP contribution in [0, 0.1) is 6.92 Å². The van der Waals surface area contributed by atoms with Crippen LogP contribution in [0.25, 0.3) is 0 Å². The largest absolute Gasteiger partial charge is 0.326 e. The highest BCUT2D eigenvalue weighted by Gasteiger charge is 2.32. The van der Waals surface area contributed by atoms with Crippen LogP contribution in [0.4, 0.5) is 0 Å². The van der Waals surface area contributed by atoms with Gasteiger partial charge in [0.15, 0.2) is 5.78 Å². The molecule has 1 amide bonds. The Morgan fingerprint density at radius 2 is 2.27 bits per heavy atom. The third kappa shape index (κ3) is 1.92. The SMILES string of the molecule is Cc1csc(C(C)N2CC(=O)CC2=O)n1. The van der Waals surface area contributed by atoms with Crippen LogP contribution in [-0.4, -0.2) is 28.1 Å². The van der Waals surface area contributed by atoms with Crippen LogP contribution in [0.3, 0.4) is 0 Å². The van der Waals surface area contributed by atoms with Gasteiger partial charge in [-0.15, -0.1) is 11.3 Å². The van der Waals surface area contributed by atoms with Crippen LogP contribution in [0.1, 0.15) is 30.1 Å². The normalized spacial score (nSPS) is 18.7. The Balaban J connectivity index is 2.18. The average Bonchev–Trinajstić information content (AvgIpc) is 2.71. The number of aromatic nitrogens is 1. The van der Waals surface area contributed by atoms with Gasteiger partial charge in [-0.1, -0.05) is 0 Å². The summed E-state index contributed by atoms with van der Waals surface area (Å²) in [6, 6.07) is -0.0809. The van der Waals surface area contributed by atoms with Gasteiger partial charge in [-0.05, 0) is 13.8 Å². The molecule has 0 radical (unpaired) electrons. The first-order valence-electron chi connectivity index (χ1n) is 4.81. The van der Waals surface area contributed by atoms with Crippen molar-refractivity contribution >= 4 is 23.0 Å². The van der Waals surface area contributed by atoms with Crippen LogP contribution < -0.4 is 0 Å². The fourth-order valence-electron chi connectivity index (χ4n) is 1.65. The van der Waals surface area contributed by atoms with E-state index >= 15 is 0 Å². The van der Waals surface area contributed by atoms with Crippen LogP contribution in [0.5, 0.6) is 0 Å². The average molecular weight is 224 g/mol. The minimum Gasteiger partial charge on any atom is -0.326 e. The van der Waals surface area contributed by atoms with Crippen LogP contribution in [-0.2, 0) is 9.59 Å². The van der Waals surface area contributed by atoms with Crippen molar-refractivity contribution in [2.75, 3.05) is 6.54 Å². The summed E-state index contributed by atoms with van der Waals surface area (Å²) >= 11 is 1.53. The van der Waals surface area contributed by atoms with Gasteiger partial charge in [0.2, 0.25) is 5.91 Å². The van der Waals surface area contributed by atoms with Crippen molar-refractivity contribution in [1.82, 2.24) is 9.88 Å². The highest BCUT2D eigenvalue weighted by atomic mass is 32.1. The summed E-state index contributed by atoms with van der Waals surface area (Å²) in [5.74, 6) is -0.0829. The van der Waals surface area contributed by atoms with E-state index in [2.05, 4.69) is 4.98 Å². The molecule has 1 atom stereocenters. The Morgan fingerprint density at radius 1 is 1.53 bits per heavy atom. The summed E-state index contributed by atoms with van der Waals surface area (Å²) < 4.78 is 0. The molecule has 0 saturated carbocycles. The van der Waals surface area contributed by atoms with E-state index < -0.39 is 0 Å². The first kappa shape index (κ1) is 10.3. The molecule has 4 nitrogen and oxygen atoms in total. The van der Waals surface area contributed by atoms with Crippen molar-refractivity contribution in [1.29, 1.82) is 0 Å². The minimum absolute atomic E-state index is 0.000119. The molecular weight excluding hydrogens is 212 g/mol. The zero-order chi connectivity index (χ0) is 11.0. The predicted octanol–water partition coefficient (Wildman–Crippen LogP) is 1.31. The summed E-state index contributed by atoms with van der Waals surface area (Å²) in [4.78, 5) is 28.5. The van der Waals surface area contributed by atoms with Gasteiger partial charge in [0, 0.05) is 11.1 Å². The number of rotatable bonds is 2. The number of aryl methyl sites for hydroxylation is 1. The van der Waals surface area contributed by atoms with Crippen LogP contribution in [0.15, 0.2) is 5.38 Å². The van der Waals surface area contributed by atoms with Crippen molar-refractivity contribution < 1.29 is 9.59 Å². The lowest BCUT2D eigenvalue weighted by Crippen LogP contribution is -2.28. The van der Waals surface area contributed by atoms with Crippen molar-refractivity contribution in [2.24, 2.45) is 0 Å². The summed E-state index contributed by atoms with van der Waals surface area (Å²) in [6.07, 6.45) is 0.0503. The molecule has 1 fully saturated rings. The molecule has 0 aliphatic carbocycles. The summed E-state index contributed by atoms with van der Waals surface area (Å²) in [5.41, 5.74) is 0.958. The molecule has 1 aromatic rings. The van der Waals surface area contributed by atoms with E-state index in [0.717, 1.165) is 10.7 Å². The number of thiazole rings is 1. The molecule has 1 saturated heterocycles. The standard InChI is InChI=1S/C10H12N2O2S/c1-6-5-15-10(11-6)7(2)12-4-8(13)3-9(12)14/h5,7H,3-4H2,1-2H3. The zero-order valence-corrected chi connectivity index (χ0v) is 9.50. The maximum atomic E-state index is 11.5. The molecular formula is C10H12N2O2S. The molecule has 2 rings (SSSR count). The van der Waals surface area contributed by atoms with Crippen molar-refractivity contribution in [3.05, 3.63) is 16.1 Å². The number of ketones is 1. The van der Waals surface area contributed by atoms with Gasteiger partial charge in [-0.3, -0.25) is 9.59 Å². The number of carbonyl (C=O) groups is 2. The molecule has 5 heteroatoms. The monoisotopic (exact) mass is 224 g/mol. The highest BCUT2D eigenvalue weighted by Crippen LogP contribution is 2.26. The summed E-state index contributed by atoms with van der Waals surface area (Å²) in [7, 11) is 0. The Kier molecular flexibility index (Phi) is 2.56. The van der Waals surface area contributed by atoms with Crippen LogP contribution >= 0.6 is 11.3 Å². The van der Waals surface area contributed by atoms with E-state index in [4.69, 9.17) is 0 Å². The summed E-state index contributed by atoms with van der Waals surface area (Å²) in [6.45, 7) is 4.07. The topological polar surface area (TPSA) is 50.3 Å². The quantitative estimate of drug-likeness (QED) is 0.712. The van der Waals surface area contributed by atoms with E-state index in [1.54, 1.807) is 4.90 Å². The lowest BCUT2D eigenvalue weighted by molar-refractivity contribution is -0.129. The number of hydrogen-bond acceptors (Lipinski definition) is 4. The van der Waals surface area contributed by atoms with Crippen molar-refractivity contribution in [3.63, 3.8) is 0 Å². The number of amides is 1. The van der Waals surface area contributed by atoms with Gasteiger partial charge in [0.1, 0.15) is 5.01 Å². The molecule has 1 aliphatic rings. The first-order valence-corrected chi connectivity index (χ1v) is 5.69. The van der Waals surface area contributed by atoms with Gasteiger partial charge < -0.3 is 4.90 Å². The van der Waals surface area contributed by atoms with Gasteiger partial charge in [-0.25, -0.2) is 4.98 Å². The second-order valence-electron chi connectivity index (χ2n) is 3.74. The zero-order valence-electron chi connectivity index (χ0n) is 8.69. The van der Waals surface area contributed by atoms with E-state index in [1.165, 1.54) is 11.3 Å². The van der Waals surface area contributed by atoms with Crippen LogP contribution in [0.2, 0.25) is 0 Å². The first-order chi connectivity index (χ1) is 7.08. The van der Waals surface area contributed by atoms with Gasteiger partial charge in [0.25, 0.3) is 0 Å². The molecule has 80 valence electrons. The molecule has 1 aliphatic heterocycles. The Bertz CT molecular complexity index is 413. The molecule has 15 heavy (non-hydrogen) atoms. The summed E-state index contributed by atoms with van der Waals surface area (Å²) in [5, 5.41) is 2.85. The molecule has 1 unspecified atom stereocenters. The maximum Gasteiger partial charge on any atom is 0.231 e. The third-order valence-electron chi connectivity index (χ3n) is 2.48. The second-order valence-corrected chi connectivity index (χ2v) is 4.63. The van der Waals surface area contributed by atoms with Gasteiger partial charge >= 0.3 is 0 Å². The molecule has 1 aromatic heterocycles. The van der Waals surface area contributed by atoms with Crippen molar-refractivity contribution in [2.45, 2.75) is 26.3 Å². The smallest absolute Gasteiger partial charge is 0.231 e. The molecule has 0 bridgehead atoms. The fraction of sp³-hybridized carbons (Fsp3) is 0.500. The van der Waals surface area contributed by atoms with Gasteiger partial charge in [0.05, 0.1) is 19.0 Å². The minimum atomic E-state index is -0.0830. The lowest BCUT2D eigenvalue weighted by atomic mass is 10.3. The van der Waals surface area contributed by atoms with E-state index in [1.807, 2.05) is 19.2 Å². The number of likely N-dealkylation sites (tertiary alicyclic amines) is 1. The molecule has 0 spiro atoms. The van der Waals surface area contributed by atoms with Crippen molar-refractivity contribution in [3.8, 4) is 0 Å².